The van der Waals surface area contributed by atoms with Gasteiger partial charge in [0.2, 0.25) is 0 Å². The van der Waals surface area contributed by atoms with Crippen LogP contribution in [0.4, 0.5) is 0 Å². The van der Waals surface area contributed by atoms with Gasteiger partial charge in [0.05, 0.1) is 6.42 Å². The Bertz CT molecular complexity index is 329. The van der Waals surface area contributed by atoms with Crippen LogP contribution in [0.25, 0.3) is 0 Å². The van der Waals surface area contributed by atoms with Crippen molar-refractivity contribution < 1.29 is 14.7 Å². The van der Waals surface area contributed by atoms with Gasteiger partial charge in [-0.25, -0.2) is 0 Å². The second-order valence-electron chi connectivity index (χ2n) is 3.39. The normalized spacial score (nSPS) is 10.8. The van der Waals surface area contributed by atoms with Crippen molar-refractivity contribution in [2.45, 2.75) is 26.3 Å². The summed E-state index contributed by atoms with van der Waals surface area (Å²) in [6.07, 6.45) is 1.16. The average molecular weight is 225 g/mol. The molecule has 0 aliphatic heterocycles. The van der Waals surface area contributed by atoms with E-state index in [1.54, 1.807) is 6.07 Å². The number of hydrogen-bond donors (Lipinski definition) is 3. The van der Waals surface area contributed by atoms with Crippen LogP contribution in [0.1, 0.15) is 20.3 Å². The zero-order valence-electron chi connectivity index (χ0n) is 9.28. The third-order valence-electron chi connectivity index (χ3n) is 1.55. The summed E-state index contributed by atoms with van der Waals surface area (Å²) in [4.78, 5) is 21.5. The van der Waals surface area contributed by atoms with Crippen LogP contribution in [0.5, 0.6) is 0 Å². The monoisotopic (exact) mass is 225 g/mol. The molecule has 1 amide bonds. The summed E-state index contributed by atoms with van der Waals surface area (Å²) in [6, 6.07) is 1.85. The molecule has 6 nitrogen and oxygen atoms in total. The van der Waals surface area contributed by atoms with Gasteiger partial charge in [-0.1, -0.05) is 0 Å². The number of carboxylic acid groups (broad SMARTS) is 1. The Hall–Kier alpha value is -2.03. The first-order valence-corrected chi connectivity index (χ1v) is 4.83. The van der Waals surface area contributed by atoms with Gasteiger partial charge in [0.15, 0.2) is 0 Å². The first-order valence-electron chi connectivity index (χ1n) is 4.83. The first kappa shape index (κ1) is 14.0. The number of rotatable bonds is 6. The summed E-state index contributed by atoms with van der Waals surface area (Å²) >= 11 is 0. The van der Waals surface area contributed by atoms with E-state index in [1.165, 1.54) is 6.20 Å². The minimum Gasteiger partial charge on any atom is -0.481 e. The molecular formula is C10H15N3O3. The Labute approximate surface area is 93.9 Å². The van der Waals surface area contributed by atoms with Crippen LogP contribution in [0.3, 0.4) is 0 Å². The van der Waals surface area contributed by atoms with Crippen molar-refractivity contribution in [1.82, 2.24) is 10.6 Å². The summed E-state index contributed by atoms with van der Waals surface area (Å²) in [6.45, 7) is 3.75. The highest BCUT2D eigenvalue weighted by Crippen LogP contribution is 1.91. The summed E-state index contributed by atoms with van der Waals surface area (Å²) in [7, 11) is 0. The predicted molar refractivity (Wildman–Crippen MR) is 57.2 cm³/mol. The molecule has 0 bridgehead atoms. The number of nitrogens with one attached hydrogen (secondary N) is 2. The SMILES string of the molecule is CC(C)N/C=C(/C#N)C(=O)NCCC(=O)O. The molecule has 3 N–H and O–H groups in total. The maximum absolute atomic E-state index is 11.3. The zero-order valence-corrected chi connectivity index (χ0v) is 9.28. The van der Waals surface area contributed by atoms with E-state index in [1.807, 2.05) is 13.8 Å². The highest BCUT2D eigenvalue weighted by atomic mass is 16.4. The molecular weight excluding hydrogens is 210 g/mol. The lowest BCUT2D eigenvalue weighted by Gasteiger charge is -2.05. The van der Waals surface area contributed by atoms with Gasteiger partial charge in [-0.2, -0.15) is 5.26 Å². The van der Waals surface area contributed by atoms with Gasteiger partial charge in [0.25, 0.3) is 5.91 Å². The van der Waals surface area contributed by atoms with Crippen LogP contribution in [-0.4, -0.2) is 29.6 Å². The number of carboxylic acids is 1. The van der Waals surface area contributed by atoms with E-state index >= 15 is 0 Å². The van der Waals surface area contributed by atoms with Gasteiger partial charge >= 0.3 is 5.97 Å². The maximum Gasteiger partial charge on any atom is 0.305 e. The summed E-state index contributed by atoms with van der Waals surface area (Å²) < 4.78 is 0. The molecule has 0 radical (unpaired) electrons. The molecule has 0 aliphatic carbocycles. The van der Waals surface area contributed by atoms with Crippen molar-refractivity contribution in [3.8, 4) is 6.07 Å². The lowest BCUT2D eigenvalue weighted by atomic mass is 10.3. The van der Waals surface area contributed by atoms with Gasteiger partial charge < -0.3 is 15.7 Å². The second kappa shape index (κ2) is 7.29. The fourth-order valence-electron chi connectivity index (χ4n) is 0.777. The Balaban J connectivity index is 4.17. The number of carbonyl (C=O) groups is 2. The third-order valence-corrected chi connectivity index (χ3v) is 1.55. The van der Waals surface area contributed by atoms with Crippen LogP contribution >= 0.6 is 0 Å². The van der Waals surface area contributed by atoms with Gasteiger partial charge in [0, 0.05) is 18.8 Å². The number of amides is 1. The Morgan fingerprint density at radius 3 is 2.56 bits per heavy atom. The molecule has 0 heterocycles. The quantitative estimate of drug-likeness (QED) is 0.435. The van der Waals surface area contributed by atoms with Gasteiger partial charge in [-0.15, -0.1) is 0 Å². The Kier molecular flexibility index (Phi) is 6.36. The van der Waals surface area contributed by atoms with E-state index in [-0.39, 0.29) is 24.6 Å². The summed E-state index contributed by atoms with van der Waals surface area (Å²) in [5, 5.41) is 22.2. The van der Waals surface area contributed by atoms with Crippen molar-refractivity contribution in [3.63, 3.8) is 0 Å². The van der Waals surface area contributed by atoms with E-state index in [9.17, 15) is 9.59 Å². The topological polar surface area (TPSA) is 102 Å². The van der Waals surface area contributed by atoms with E-state index in [0.717, 1.165) is 0 Å². The molecule has 0 fully saturated rings. The average Bonchev–Trinajstić information content (AvgIpc) is 2.17. The fraction of sp³-hybridized carbons (Fsp3) is 0.500. The van der Waals surface area contributed by atoms with Crippen molar-refractivity contribution in [3.05, 3.63) is 11.8 Å². The third kappa shape index (κ3) is 6.43. The summed E-state index contributed by atoms with van der Waals surface area (Å²) in [5.74, 6) is -1.57. The molecule has 0 rings (SSSR count). The van der Waals surface area contributed by atoms with Gasteiger partial charge in [-0.3, -0.25) is 9.59 Å². The van der Waals surface area contributed by atoms with Crippen LogP contribution in [0.15, 0.2) is 11.8 Å². The number of nitrogens with zero attached hydrogens (tertiary/aromatic N) is 1. The van der Waals surface area contributed by atoms with Crippen molar-refractivity contribution in [1.29, 1.82) is 5.26 Å². The van der Waals surface area contributed by atoms with E-state index < -0.39 is 11.9 Å². The molecule has 0 aromatic heterocycles. The molecule has 16 heavy (non-hydrogen) atoms. The fourth-order valence-corrected chi connectivity index (χ4v) is 0.777. The first-order chi connectivity index (χ1) is 7.47. The van der Waals surface area contributed by atoms with E-state index in [4.69, 9.17) is 10.4 Å². The highest BCUT2D eigenvalue weighted by Gasteiger charge is 2.08. The zero-order chi connectivity index (χ0) is 12.6. The van der Waals surface area contributed by atoms with Crippen molar-refractivity contribution in [2.24, 2.45) is 0 Å². The lowest BCUT2D eigenvalue weighted by Crippen LogP contribution is -2.28. The maximum atomic E-state index is 11.3. The molecule has 6 heteroatoms. The van der Waals surface area contributed by atoms with E-state index in [0.29, 0.717) is 0 Å². The van der Waals surface area contributed by atoms with Gasteiger partial charge in [-0.05, 0) is 13.8 Å². The largest absolute Gasteiger partial charge is 0.481 e. The smallest absolute Gasteiger partial charge is 0.305 e. The van der Waals surface area contributed by atoms with Crippen LogP contribution in [-0.2, 0) is 9.59 Å². The molecule has 0 aromatic rings. The van der Waals surface area contributed by atoms with Crippen molar-refractivity contribution in [2.75, 3.05) is 6.54 Å². The molecule has 0 unspecified atom stereocenters. The highest BCUT2D eigenvalue weighted by molar-refractivity contribution is 5.97. The lowest BCUT2D eigenvalue weighted by molar-refractivity contribution is -0.136. The van der Waals surface area contributed by atoms with E-state index in [2.05, 4.69) is 10.6 Å². The van der Waals surface area contributed by atoms with Gasteiger partial charge in [0.1, 0.15) is 11.6 Å². The molecule has 0 atom stereocenters. The number of hydrogen-bond acceptors (Lipinski definition) is 4. The molecule has 88 valence electrons. The number of nitriles is 1. The minimum absolute atomic E-state index is 0.00879. The molecule has 0 saturated heterocycles. The molecule has 0 aliphatic rings. The van der Waals surface area contributed by atoms with Crippen molar-refractivity contribution >= 4 is 11.9 Å². The van der Waals surface area contributed by atoms with Crippen LogP contribution < -0.4 is 10.6 Å². The van der Waals surface area contributed by atoms with Crippen LogP contribution in [0, 0.1) is 11.3 Å². The molecule has 0 aromatic carbocycles. The number of carbonyl (C=O) groups excluding carboxylic acids is 1. The second-order valence-corrected chi connectivity index (χ2v) is 3.39. The van der Waals surface area contributed by atoms with Crippen LogP contribution in [0.2, 0.25) is 0 Å². The summed E-state index contributed by atoms with van der Waals surface area (Å²) in [5.41, 5.74) is -0.0703. The standard InChI is InChI=1S/C10H15N3O3/c1-7(2)13-6-8(5-11)10(16)12-4-3-9(14)15/h6-7,13H,3-4H2,1-2H3,(H,12,16)(H,14,15)/b8-6-. The Morgan fingerprint density at radius 2 is 2.12 bits per heavy atom. The minimum atomic E-state index is -0.997. The molecule has 0 saturated carbocycles. The Morgan fingerprint density at radius 1 is 1.50 bits per heavy atom. The molecule has 0 spiro atoms. The number of aliphatic carboxylic acids is 1. The predicted octanol–water partition coefficient (Wildman–Crippen LogP) is -0.0172.